The average Bonchev–Trinajstić information content (AvgIpc) is 3.48. The SMILES string of the molecule is CC(C)(C)[Si](OC[C@H]1OC[C@@H](n2cnc3c(N)ncnc32)[C@@H]1OS(=O)(=O)O)(c1ccccc1)c1ccccc1. The Bertz CT molecular complexity index is 1510. The van der Waals surface area contributed by atoms with Crippen molar-refractivity contribution in [1.29, 1.82) is 0 Å². The Kier molecular flexibility index (Phi) is 7.30. The minimum absolute atomic E-state index is 0.0215. The summed E-state index contributed by atoms with van der Waals surface area (Å²) in [6.07, 6.45) is 0.839. The maximum absolute atomic E-state index is 11.9. The lowest BCUT2D eigenvalue weighted by Gasteiger charge is -2.43. The van der Waals surface area contributed by atoms with E-state index in [-0.39, 0.29) is 24.1 Å². The first-order valence-electron chi connectivity index (χ1n) is 12.5. The lowest BCUT2D eigenvalue weighted by molar-refractivity contribution is 0.0147. The Labute approximate surface area is 228 Å². The zero-order chi connectivity index (χ0) is 27.8. The van der Waals surface area contributed by atoms with Gasteiger partial charge in [0.05, 0.1) is 25.6 Å². The van der Waals surface area contributed by atoms with Gasteiger partial charge in [0.2, 0.25) is 0 Å². The number of imidazole rings is 1. The van der Waals surface area contributed by atoms with Crippen molar-refractivity contribution >= 4 is 46.1 Å². The third kappa shape index (κ3) is 5.21. The minimum Gasteiger partial charge on any atom is -0.405 e. The van der Waals surface area contributed by atoms with Crippen molar-refractivity contribution in [2.24, 2.45) is 0 Å². The van der Waals surface area contributed by atoms with E-state index in [1.807, 2.05) is 36.4 Å². The molecule has 5 rings (SSSR count). The molecule has 1 aliphatic rings. The van der Waals surface area contributed by atoms with E-state index in [1.165, 1.54) is 12.7 Å². The quantitative estimate of drug-likeness (QED) is 0.238. The maximum atomic E-state index is 11.9. The molecule has 13 heteroatoms. The molecule has 3 heterocycles. The molecular weight excluding hydrogens is 538 g/mol. The molecular formula is C26H31N5O6SSi. The fourth-order valence-corrected chi connectivity index (χ4v) is 10.5. The molecule has 0 radical (unpaired) electrons. The Morgan fingerprint density at radius 3 is 2.23 bits per heavy atom. The van der Waals surface area contributed by atoms with Crippen LogP contribution in [0.3, 0.4) is 0 Å². The summed E-state index contributed by atoms with van der Waals surface area (Å²) in [6, 6.07) is 19.4. The van der Waals surface area contributed by atoms with Crippen LogP contribution < -0.4 is 16.1 Å². The van der Waals surface area contributed by atoms with Crippen LogP contribution in [-0.2, 0) is 23.7 Å². The summed E-state index contributed by atoms with van der Waals surface area (Å²) in [4.78, 5) is 12.5. The molecule has 0 bridgehead atoms. The predicted molar refractivity (Wildman–Crippen MR) is 149 cm³/mol. The van der Waals surface area contributed by atoms with E-state index in [1.54, 1.807) is 4.57 Å². The fraction of sp³-hybridized carbons (Fsp3) is 0.346. The molecule has 0 amide bonds. The Hall–Kier alpha value is -3.20. The number of ether oxygens (including phenoxy) is 1. The van der Waals surface area contributed by atoms with Crippen LogP contribution in [0, 0.1) is 0 Å². The zero-order valence-electron chi connectivity index (χ0n) is 21.8. The molecule has 206 valence electrons. The number of anilines is 1. The van der Waals surface area contributed by atoms with Crippen LogP contribution in [0.1, 0.15) is 26.8 Å². The molecule has 0 unspecified atom stereocenters. The van der Waals surface area contributed by atoms with Crippen molar-refractivity contribution in [2.45, 2.75) is 44.1 Å². The minimum atomic E-state index is -4.83. The van der Waals surface area contributed by atoms with E-state index in [0.29, 0.717) is 11.2 Å². The number of nitrogens with zero attached hydrogens (tertiary/aromatic N) is 4. The van der Waals surface area contributed by atoms with E-state index >= 15 is 0 Å². The van der Waals surface area contributed by atoms with E-state index in [0.717, 1.165) is 10.4 Å². The summed E-state index contributed by atoms with van der Waals surface area (Å²) in [6.45, 7) is 6.53. The summed E-state index contributed by atoms with van der Waals surface area (Å²) >= 11 is 0. The van der Waals surface area contributed by atoms with Gasteiger partial charge < -0.3 is 19.5 Å². The van der Waals surface area contributed by atoms with Crippen LogP contribution >= 0.6 is 0 Å². The predicted octanol–water partition coefficient (Wildman–Crippen LogP) is 2.11. The largest absolute Gasteiger partial charge is 0.405 e. The van der Waals surface area contributed by atoms with Crippen molar-refractivity contribution in [2.75, 3.05) is 18.9 Å². The van der Waals surface area contributed by atoms with Crippen LogP contribution in [0.4, 0.5) is 5.82 Å². The molecule has 0 saturated carbocycles. The molecule has 1 aliphatic heterocycles. The molecule has 4 aromatic rings. The van der Waals surface area contributed by atoms with Crippen LogP contribution in [0.2, 0.25) is 5.04 Å². The van der Waals surface area contributed by atoms with Crippen molar-refractivity contribution in [3.8, 4) is 0 Å². The first-order valence-corrected chi connectivity index (χ1v) is 15.7. The van der Waals surface area contributed by atoms with Gasteiger partial charge in [0.15, 0.2) is 11.5 Å². The highest BCUT2D eigenvalue weighted by molar-refractivity contribution is 7.80. The summed E-state index contributed by atoms with van der Waals surface area (Å²) in [7, 11) is -7.78. The lowest BCUT2D eigenvalue weighted by Crippen LogP contribution is -2.67. The van der Waals surface area contributed by atoms with Gasteiger partial charge >= 0.3 is 10.4 Å². The summed E-state index contributed by atoms with van der Waals surface area (Å²) in [5.41, 5.74) is 6.71. The summed E-state index contributed by atoms with van der Waals surface area (Å²) < 4.78 is 53.4. The molecule has 2 aromatic carbocycles. The second-order valence-electron chi connectivity index (χ2n) is 10.5. The van der Waals surface area contributed by atoms with Crippen molar-refractivity contribution in [3.05, 3.63) is 73.3 Å². The molecule has 3 N–H and O–H groups in total. The number of hydrogen-bond acceptors (Lipinski definition) is 9. The molecule has 0 spiro atoms. The summed E-state index contributed by atoms with van der Waals surface area (Å²) in [5, 5.41) is 1.83. The van der Waals surface area contributed by atoms with Gasteiger partial charge in [0.1, 0.15) is 24.1 Å². The number of fused-ring (bicyclic) bond motifs is 1. The highest BCUT2D eigenvalue weighted by atomic mass is 32.3. The third-order valence-corrected chi connectivity index (χ3v) is 12.6. The number of benzene rings is 2. The van der Waals surface area contributed by atoms with Crippen molar-refractivity contribution < 1.29 is 26.3 Å². The number of hydrogen-bond donors (Lipinski definition) is 2. The van der Waals surface area contributed by atoms with Crippen LogP contribution in [0.15, 0.2) is 73.3 Å². The number of rotatable bonds is 8. The van der Waals surface area contributed by atoms with Gasteiger partial charge in [-0.05, 0) is 15.4 Å². The first-order chi connectivity index (χ1) is 18.5. The number of nitrogens with two attached hydrogens (primary N) is 1. The normalized spacial score (nSPS) is 20.5. The Morgan fingerprint density at radius 2 is 1.67 bits per heavy atom. The number of aromatic nitrogens is 4. The van der Waals surface area contributed by atoms with Gasteiger partial charge in [-0.1, -0.05) is 81.4 Å². The summed E-state index contributed by atoms with van der Waals surface area (Å²) in [5.74, 6) is 0.191. The molecule has 1 saturated heterocycles. The molecule has 11 nitrogen and oxygen atoms in total. The second kappa shape index (κ2) is 10.4. The highest BCUT2D eigenvalue weighted by Crippen LogP contribution is 2.38. The van der Waals surface area contributed by atoms with Crippen LogP contribution in [0.5, 0.6) is 0 Å². The van der Waals surface area contributed by atoms with Crippen LogP contribution in [0.25, 0.3) is 11.2 Å². The standard InChI is InChI=1S/C26H31N5O6SSi/c1-26(2,3)39(18-10-6-4-7-11-18,19-12-8-5-9-13-19)36-15-21-23(37-38(32,33)34)20(14-35-21)31-17-30-22-24(27)28-16-29-25(22)31/h4-13,16-17,20-21,23H,14-15H2,1-3H3,(H2,27,28,29)(H,32,33,34)/t20-,21-,23+/m1/s1. The highest BCUT2D eigenvalue weighted by Gasteiger charge is 2.52. The topological polar surface area (TPSA) is 152 Å². The van der Waals surface area contributed by atoms with E-state index in [9.17, 15) is 13.0 Å². The molecule has 1 fully saturated rings. The maximum Gasteiger partial charge on any atom is 0.397 e. The van der Waals surface area contributed by atoms with Crippen molar-refractivity contribution in [3.63, 3.8) is 0 Å². The van der Waals surface area contributed by atoms with Gasteiger partial charge in [0, 0.05) is 0 Å². The van der Waals surface area contributed by atoms with Gasteiger partial charge in [0.25, 0.3) is 8.32 Å². The first kappa shape index (κ1) is 27.4. The Morgan fingerprint density at radius 1 is 1.05 bits per heavy atom. The monoisotopic (exact) mass is 569 g/mol. The van der Waals surface area contributed by atoms with Gasteiger partial charge in [-0.15, -0.1) is 0 Å². The number of nitrogen functional groups attached to an aromatic ring is 1. The molecule has 39 heavy (non-hydrogen) atoms. The second-order valence-corrected chi connectivity index (χ2v) is 15.8. The van der Waals surface area contributed by atoms with Gasteiger partial charge in [-0.25, -0.2) is 19.1 Å². The van der Waals surface area contributed by atoms with Gasteiger partial charge in [-0.2, -0.15) is 8.42 Å². The van der Waals surface area contributed by atoms with E-state index in [2.05, 4.69) is 60.0 Å². The molecule has 3 atom stereocenters. The Balaban J connectivity index is 1.53. The van der Waals surface area contributed by atoms with E-state index < -0.39 is 37.0 Å². The van der Waals surface area contributed by atoms with Crippen molar-refractivity contribution in [1.82, 2.24) is 19.5 Å². The van der Waals surface area contributed by atoms with Crippen LogP contribution in [-0.4, -0.2) is 66.2 Å². The van der Waals surface area contributed by atoms with Gasteiger partial charge in [-0.3, -0.25) is 4.55 Å². The zero-order valence-corrected chi connectivity index (χ0v) is 23.7. The molecule has 2 aromatic heterocycles. The van der Waals surface area contributed by atoms with E-state index in [4.69, 9.17) is 19.1 Å². The molecule has 0 aliphatic carbocycles. The smallest absolute Gasteiger partial charge is 0.397 e. The average molecular weight is 570 g/mol. The fourth-order valence-electron chi connectivity index (χ4n) is 5.39. The lowest BCUT2D eigenvalue weighted by atomic mass is 10.1. The third-order valence-electron chi connectivity index (χ3n) is 7.08.